The van der Waals surface area contributed by atoms with Crippen molar-refractivity contribution in [3.63, 3.8) is 0 Å². The van der Waals surface area contributed by atoms with Crippen LogP contribution < -0.4 is 5.30 Å². The second-order valence-electron chi connectivity index (χ2n) is 17.2. The number of nitrogens with zero attached hydrogens (tertiary/aromatic N) is 1. The van der Waals surface area contributed by atoms with Crippen LogP contribution in [-0.2, 0) is 11.8 Å². The number of hydrogen-bond donors (Lipinski definition) is 0. The van der Waals surface area contributed by atoms with Gasteiger partial charge in [-0.1, -0.05) is 184 Å². The summed E-state index contributed by atoms with van der Waals surface area (Å²) in [5.41, 5.74) is 22.4. The van der Waals surface area contributed by atoms with E-state index in [0.29, 0.717) is 12.2 Å². The zero-order chi connectivity index (χ0) is 41.0. The van der Waals surface area contributed by atoms with Gasteiger partial charge in [0.25, 0.3) is 0 Å². The van der Waals surface area contributed by atoms with E-state index in [2.05, 4.69) is 204 Å². The van der Waals surface area contributed by atoms with Gasteiger partial charge < -0.3 is 0 Å². The number of aliphatic imine (C=N–C) groups is 1. The van der Waals surface area contributed by atoms with Crippen LogP contribution in [0.2, 0.25) is 0 Å². The van der Waals surface area contributed by atoms with Crippen molar-refractivity contribution in [2.75, 3.05) is 6.29 Å². The Labute approximate surface area is 357 Å². The second-order valence-corrected chi connectivity index (χ2v) is 19.4. The van der Waals surface area contributed by atoms with E-state index in [-0.39, 0.29) is 5.41 Å². The maximum atomic E-state index is 5.59. The van der Waals surface area contributed by atoms with Crippen molar-refractivity contribution >= 4 is 29.8 Å². The fourth-order valence-corrected chi connectivity index (χ4v) is 12.4. The van der Waals surface area contributed by atoms with Crippen LogP contribution in [0.1, 0.15) is 79.0 Å². The number of fused-ring (bicyclic) bond motifs is 6. The summed E-state index contributed by atoms with van der Waals surface area (Å²) in [5, 5.41) is 2.54. The Balaban J connectivity index is 1.10. The second kappa shape index (κ2) is 15.5. The van der Waals surface area contributed by atoms with Crippen LogP contribution in [0.4, 0.5) is 0 Å². The molecule has 10 rings (SSSR count). The highest BCUT2D eigenvalue weighted by molar-refractivity contribution is 7.75. The number of allylic oxidation sites excluding steroid dienone is 4. The van der Waals surface area contributed by atoms with Crippen molar-refractivity contribution in [3.05, 3.63) is 233 Å². The first-order valence-corrected chi connectivity index (χ1v) is 22.8. The fourth-order valence-electron chi connectivity index (χ4n) is 10.2. The molecule has 3 aliphatic rings. The summed E-state index contributed by atoms with van der Waals surface area (Å²) in [4.78, 5) is 5.59. The van der Waals surface area contributed by atoms with Crippen molar-refractivity contribution in [3.8, 4) is 33.4 Å². The van der Waals surface area contributed by atoms with Crippen molar-refractivity contribution in [1.29, 1.82) is 0 Å². The molecule has 7 aromatic carbocycles. The third-order valence-electron chi connectivity index (χ3n) is 13.4. The molecular weight excluding hydrogens is 742 g/mol. The zero-order valence-corrected chi connectivity index (χ0v) is 35.9. The first-order valence-electron chi connectivity index (χ1n) is 21.3. The van der Waals surface area contributed by atoms with Crippen LogP contribution in [0.25, 0.3) is 44.3 Å². The lowest BCUT2D eigenvalue weighted by molar-refractivity contribution is 0.613. The quantitative estimate of drug-likeness (QED) is 0.102. The maximum absolute atomic E-state index is 5.59. The molecule has 0 amide bonds. The lowest BCUT2D eigenvalue weighted by Gasteiger charge is -2.31. The van der Waals surface area contributed by atoms with Crippen LogP contribution in [0.15, 0.2) is 199 Å². The molecule has 0 saturated carbocycles. The van der Waals surface area contributed by atoms with Crippen molar-refractivity contribution in [2.24, 2.45) is 4.99 Å². The zero-order valence-electron chi connectivity index (χ0n) is 35.0. The third kappa shape index (κ3) is 6.67. The van der Waals surface area contributed by atoms with Gasteiger partial charge in [-0.25, -0.2) is 0 Å². The summed E-state index contributed by atoms with van der Waals surface area (Å²) in [6.07, 6.45) is 5.12. The number of rotatable bonds is 9. The Morgan fingerprint density at radius 3 is 2.02 bits per heavy atom. The summed E-state index contributed by atoms with van der Waals surface area (Å²) in [6, 6.07) is 62.5. The topological polar surface area (TPSA) is 12.4 Å². The van der Waals surface area contributed by atoms with Gasteiger partial charge in [0, 0.05) is 17.0 Å². The van der Waals surface area contributed by atoms with E-state index in [0.717, 1.165) is 24.1 Å². The minimum absolute atomic E-state index is 0.0167. The Morgan fingerprint density at radius 2 is 1.28 bits per heavy atom. The van der Waals surface area contributed by atoms with Gasteiger partial charge in [0.05, 0.1) is 6.29 Å². The van der Waals surface area contributed by atoms with Gasteiger partial charge in [-0.2, -0.15) is 0 Å². The van der Waals surface area contributed by atoms with Crippen molar-refractivity contribution in [2.45, 2.75) is 51.9 Å². The SMILES string of the molecule is C=C(c1cccc2c1-c1ccccc1C2)P(C/N=C(\C)c1cc(-c2ccccc2)cc(-c2ccccc2)c1)c1ccccc1C1=C(C)C=C2C(C1)c1ccccc1C2(C)C. The highest BCUT2D eigenvalue weighted by atomic mass is 31.1. The molecule has 0 heterocycles. The predicted molar refractivity (Wildman–Crippen MR) is 259 cm³/mol. The largest absolute Gasteiger partial charge is 0.284 e. The summed E-state index contributed by atoms with van der Waals surface area (Å²) in [5.74, 6) is 0.377. The van der Waals surface area contributed by atoms with E-state index in [1.165, 1.54) is 88.5 Å². The Bertz CT molecular complexity index is 2850. The normalized spacial score (nSPS) is 16.7. The van der Waals surface area contributed by atoms with E-state index in [1.54, 1.807) is 5.57 Å². The maximum Gasteiger partial charge on any atom is 0.0672 e. The van der Waals surface area contributed by atoms with Crippen molar-refractivity contribution < 1.29 is 0 Å². The molecule has 0 aromatic heterocycles. The van der Waals surface area contributed by atoms with Crippen LogP contribution in [-0.4, -0.2) is 12.0 Å². The minimum Gasteiger partial charge on any atom is -0.284 e. The molecule has 7 aromatic rings. The first kappa shape index (κ1) is 38.1. The average molecular weight is 792 g/mol. The fraction of sp³-hybridized carbons (Fsp3) is 0.155. The molecule has 0 saturated heterocycles. The molecule has 0 spiro atoms. The lowest BCUT2D eigenvalue weighted by Crippen LogP contribution is -2.20. The molecule has 2 heteroatoms. The molecule has 0 aliphatic heterocycles. The van der Waals surface area contributed by atoms with Gasteiger partial charge in [0.15, 0.2) is 0 Å². The van der Waals surface area contributed by atoms with Crippen LogP contribution in [0.3, 0.4) is 0 Å². The molecule has 2 atom stereocenters. The Morgan fingerprint density at radius 1 is 0.667 bits per heavy atom. The molecule has 0 fully saturated rings. The number of hydrogen-bond acceptors (Lipinski definition) is 1. The van der Waals surface area contributed by atoms with Gasteiger partial charge in [0.2, 0.25) is 0 Å². The first-order chi connectivity index (χ1) is 29.3. The molecule has 292 valence electrons. The molecule has 0 radical (unpaired) electrons. The van der Waals surface area contributed by atoms with E-state index in [1.807, 2.05) is 0 Å². The summed E-state index contributed by atoms with van der Waals surface area (Å²) in [7, 11) is -1.00. The smallest absolute Gasteiger partial charge is 0.0672 e. The molecule has 2 unspecified atom stereocenters. The monoisotopic (exact) mass is 791 g/mol. The predicted octanol–water partition coefficient (Wildman–Crippen LogP) is 15.0. The number of benzene rings is 7. The van der Waals surface area contributed by atoms with Gasteiger partial charge in [-0.3, -0.25) is 4.99 Å². The van der Waals surface area contributed by atoms with Crippen molar-refractivity contribution in [1.82, 2.24) is 0 Å². The van der Waals surface area contributed by atoms with Gasteiger partial charge >= 0.3 is 0 Å². The molecule has 3 aliphatic carbocycles. The molecule has 0 N–H and O–H groups in total. The Kier molecular flexibility index (Phi) is 9.82. The van der Waals surface area contributed by atoms with E-state index in [9.17, 15) is 0 Å². The molecule has 0 bridgehead atoms. The average Bonchev–Trinajstić information content (AvgIpc) is 3.78. The van der Waals surface area contributed by atoms with E-state index in [4.69, 9.17) is 11.6 Å². The highest BCUT2D eigenvalue weighted by Gasteiger charge is 2.43. The standard InChI is InChI=1S/C58H50NP/c1-38-31-55-53(50-26-14-16-29-54(50)58(55,4)5)36-52(38)51-27-15-17-30-56(51)60(40(3)48-28-18-24-44-32-43-23-12-13-25-49(43)57(44)48)37-59-39(2)45-33-46(41-19-8-6-9-20-41)35-47(34-45)42-21-10-7-11-22-42/h6-31,33-35,53H,3,32,36-37H2,1-2,4-5H3/b59-39+. The van der Waals surface area contributed by atoms with Crippen LogP contribution in [0, 0.1) is 0 Å². The van der Waals surface area contributed by atoms with E-state index < -0.39 is 7.92 Å². The van der Waals surface area contributed by atoms with Crippen LogP contribution >= 0.6 is 7.92 Å². The molecule has 1 nitrogen and oxygen atoms in total. The van der Waals surface area contributed by atoms with Gasteiger partial charge in [-0.05, 0) is 147 Å². The minimum atomic E-state index is -1.00. The lowest BCUT2D eigenvalue weighted by atomic mass is 9.75. The van der Waals surface area contributed by atoms with Crippen LogP contribution in [0.5, 0.6) is 0 Å². The summed E-state index contributed by atoms with van der Waals surface area (Å²) < 4.78 is 0. The summed E-state index contributed by atoms with van der Waals surface area (Å²) in [6.45, 7) is 14.4. The Hall–Kier alpha value is -6.14. The third-order valence-corrected chi connectivity index (χ3v) is 15.6. The van der Waals surface area contributed by atoms with Gasteiger partial charge in [0.1, 0.15) is 0 Å². The summed E-state index contributed by atoms with van der Waals surface area (Å²) >= 11 is 0. The highest BCUT2D eigenvalue weighted by Crippen LogP contribution is 2.58. The molecular formula is C58H50NP. The van der Waals surface area contributed by atoms with Gasteiger partial charge in [-0.15, -0.1) is 0 Å². The molecule has 60 heavy (non-hydrogen) atoms. The van der Waals surface area contributed by atoms with E-state index >= 15 is 0 Å².